The van der Waals surface area contributed by atoms with Gasteiger partial charge in [-0.25, -0.2) is 0 Å². The maximum atomic E-state index is 3.66. The number of rotatable bonds is 3. The van der Waals surface area contributed by atoms with E-state index in [-0.39, 0.29) is 0 Å². The molecule has 0 N–H and O–H groups in total. The van der Waals surface area contributed by atoms with Gasteiger partial charge in [0.05, 0.1) is 0 Å². The maximum Gasteiger partial charge on any atom is 0.0100 e. The molecule has 0 bridgehead atoms. The van der Waals surface area contributed by atoms with Gasteiger partial charge in [0.25, 0.3) is 0 Å². The Kier molecular flexibility index (Phi) is 3.23. The van der Waals surface area contributed by atoms with Gasteiger partial charge in [-0.1, -0.05) is 29.8 Å². The first-order valence-corrected chi connectivity index (χ1v) is 7.04. The highest BCUT2D eigenvalue weighted by Crippen LogP contribution is 2.48. The molecule has 1 aliphatic heterocycles. The van der Waals surface area contributed by atoms with Crippen molar-refractivity contribution in [2.45, 2.75) is 33.1 Å². The van der Waals surface area contributed by atoms with Crippen LogP contribution in [0.15, 0.2) is 0 Å². The Bertz CT molecular complexity index is 190. The molecule has 2 heteroatoms. The monoisotopic (exact) mass is 259 g/mol. The fourth-order valence-corrected chi connectivity index (χ4v) is 3.64. The summed E-state index contributed by atoms with van der Waals surface area (Å²) in [4.78, 5) is 2.70. The maximum absolute atomic E-state index is 3.66. The lowest BCUT2D eigenvalue weighted by atomic mass is 9.91. The Labute approximate surface area is 96.4 Å². The molecule has 0 aromatic rings. The topological polar surface area (TPSA) is 3.24 Å². The molecule has 2 aliphatic rings. The van der Waals surface area contributed by atoms with Crippen LogP contribution in [-0.4, -0.2) is 29.9 Å². The van der Waals surface area contributed by atoms with E-state index in [0.29, 0.717) is 5.41 Å². The molecule has 2 atom stereocenters. The van der Waals surface area contributed by atoms with Gasteiger partial charge in [-0.2, -0.15) is 0 Å². The highest BCUT2D eigenvalue weighted by molar-refractivity contribution is 9.09. The fraction of sp³-hybridized carbons (Fsp3) is 1.00. The third-order valence-corrected chi connectivity index (χ3v) is 4.93. The second-order valence-corrected chi connectivity index (χ2v) is 6.33. The molecule has 1 saturated carbocycles. The van der Waals surface area contributed by atoms with Crippen molar-refractivity contribution in [3.05, 3.63) is 0 Å². The van der Waals surface area contributed by atoms with Crippen molar-refractivity contribution in [1.29, 1.82) is 0 Å². The molecule has 0 aromatic carbocycles. The average Bonchev–Trinajstić information content (AvgIpc) is 2.83. The molecule has 0 aromatic heterocycles. The van der Waals surface area contributed by atoms with Crippen LogP contribution in [0, 0.1) is 17.3 Å². The van der Waals surface area contributed by atoms with Gasteiger partial charge in [-0.15, -0.1) is 0 Å². The summed E-state index contributed by atoms with van der Waals surface area (Å²) in [5, 5.41) is 1.21. The first-order chi connectivity index (χ1) is 6.63. The van der Waals surface area contributed by atoms with Gasteiger partial charge >= 0.3 is 0 Å². The van der Waals surface area contributed by atoms with E-state index in [1.807, 2.05) is 0 Å². The molecule has 2 rings (SSSR count). The molecule has 1 saturated heterocycles. The summed E-state index contributed by atoms with van der Waals surface area (Å²) in [6, 6.07) is 0. The van der Waals surface area contributed by atoms with Gasteiger partial charge in [-0.3, -0.25) is 0 Å². The molecular weight excluding hydrogens is 238 g/mol. The van der Waals surface area contributed by atoms with Gasteiger partial charge in [0.15, 0.2) is 0 Å². The van der Waals surface area contributed by atoms with Crippen LogP contribution in [0.25, 0.3) is 0 Å². The highest BCUT2D eigenvalue weighted by Gasteiger charge is 2.43. The van der Waals surface area contributed by atoms with E-state index in [2.05, 4.69) is 34.7 Å². The van der Waals surface area contributed by atoms with Gasteiger partial charge in [-0.05, 0) is 36.5 Å². The summed E-state index contributed by atoms with van der Waals surface area (Å²) in [6.07, 6.45) is 4.31. The van der Waals surface area contributed by atoms with E-state index < -0.39 is 0 Å². The second kappa shape index (κ2) is 4.13. The van der Waals surface area contributed by atoms with Crippen molar-refractivity contribution in [2.75, 3.05) is 25.0 Å². The Morgan fingerprint density at radius 2 is 1.79 bits per heavy atom. The fourth-order valence-electron chi connectivity index (χ4n) is 2.91. The van der Waals surface area contributed by atoms with E-state index in [4.69, 9.17) is 0 Å². The summed E-state index contributed by atoms with van der Waals surface area (Å²) in [6.45, 7) is 8.80. The number of hydrogen-bond donors (Lipinski definition) is 0. The standard InChI is InChI=1S/C12H22BrN/c1-10-5-11(2)7-14(6-10)9-12(8-13)3-4-12/h10-11H,3-9H2,1-2H3. The molecule has 2 unspecified atom stereocenters. The predicted octanol–water partition coefficient (Wildman–Crippen LogP) is 3.14. The second-order valence-electron chi connectivity index (χ2n) is 5.77. The number of likely N-dealkylation sites (tertiary alicyclic amines) is 1. The van der Waals surface area contributed by atoms with Crippen molar-refractivity contribution >= 4 is 15.9 Å². The SMILES string of the molecule is CC1CC(C)CN(CC2(CBr)CC2)C1. The van der Waals surface area contributed by atoms with E-state index in [9.17, 15) is 0 Å². The quantitative estimate of drug-likeness (QED) is 0.705. The van der Waals surface area contributed by atoms with Crippen LogP contribution in [-0.2, 0) is 0 Å². The third-order valence-electron chi connectivity index (χ3n) is 3.74. The van der Waals surface area contributed by atoms with Crippen LogP contribution in [0.1, 0.15) is 33.1 Å². The first-order valence-electron chi connectivity index (χ1n) is 5.92. The number of nitrogens with zero attached hydrogens (tertiary/aromatic N) is 1. The Morgan fingerprint density at radius 3 is 2.21 bits per heavy atom. The molecule has 1 heterocycles. The average molecular weight is 260 g/mol. The third kappa shape index (κ3) is 2.52. The number of alkyl halides is 1. The molecule has 14 heavy (non-hydrogen) atoms. The van der Waals surface area contributed by atoms with E-state index in [1.54, 1.807) is 0 Å². The number of halogens is 1. The Hall–Kier alpha value is 0.440. The lowest BCUT2D eigenvalue weighted by molar-refractivity contribution is 0.121. The van der Waals surface area contributed by atoms with Crippen molar-refractivity contribution < 1.29 is 0 Å². The summed E-state index contributed by atoms with van der Waals surface area (Å²) in [5.74, 6) is 1.81. The predicted molar refractivity (Wildman–Crippen MR) is 64.8 cm³/mol. The van der Waals surface area contributed by atoms with Gasteiger partial charge in [0.1, 0.15) is 0 Å². The van der Waals surface area contributed by atoms with Crippen molar-refractivity contribution in [3.63, 3.8) is 0 Å². The summed E-state index contributed by atoms with van der Waals surface area (Å²) in [7, 11) is 0. The largest absolute Gasteiger partial charge is 0.302 e. The molecule has 0 amide bonds. The van der Waals surface area contributed by atoms with Crippen molar-refractivity contribution in [2.24, 2.45) is 17.3 Å². The normalized spacial score (nSPS) is 37.1. The van der Waals surface area contributed by atoms with E-state index in [1.165, 1.54) is 44.2 Å². The van der Waals surface area contributed by atoms with Crippen LogP contribution in [0.3, 0.4) is 0 Å². The number of hydrogen-bond acceptors (Lipinski definition) is 1. The zero-order valence-corrected chi connectivity index (χ0v) is 11.0. The minimum atomic E-state index is 0.663. The zero-order chi connectivity index (χ0) is 10.2. The van der Waals surface area contributed by atoms with Gasteiger partial charge in [0.2, 0.25) is 0 Å². The molecule has 1 nitrogen and oxygen atoms in total. The van der Waals surface area contributed by atoms with Crippen LogP contribution in [0.4, 0.5) is 0 Å². The lowest BCUT2D eigenvalue weighted by Gasteiger charge is -2.36. The number of piperidine rings is 1. The summed E-state index contributed by atoms with van der Waals surface area (Å²) >= 11 is 3.66. The lowest BCUT2D eigenvalue weighted by Crippen LogP contribution is -2.42. The van der Waals surface area contributed by atoms with Crippen LogP contribution < -0.4 is 0 Å². The summed E-state index contributed by atoms with van der Waals surface area (Å²) in [5.41, 5.74) is 0.663. The van der Waals surface area contributed by atoms with E-state index in [0.717, 1.165) is 11.8 Å². The minimum Gasteiger partial charge on any atom is -0.302 e. The first kappa shape index (κ1) is 10.9. The van der Waals surface area contributed by atoms with Crippen LogP contribution >= 0.6 is 15.9 Å². The Balaban J connectivity index is 1.85. The smallest absolute Gasteiger partial charge is 0.0100 e. The summed E-state index contributed by atoms with van der Waals surface area (Å²) < 4.78 is 0. The molecular formula is C12H22BrN. The zero-order valence-electron chi connectivity index (χ0n) is 9.43. The van der Waals surface area contributed by atoms with Crippen LogP contribution in [0.5, 0.6) is 0 Å². The van der Waals surface area contributed by atoms with Gasteiger partial charge < -0.3 is 4.90 Å². The molecule has 0 radical (unpaired) electrons. The molecule has 0 spiro atoms. The molecule has 82 valence electrons. The van der Waals surface area contributed by atoms with Crippen molar-refractivity contribution in [3.8, 4) is 0 Å². The highest BCUT2D eigenvalue weighted by atomic mass is 79.9. The Morgan fingerprint density at radius 1 is 1.21 bits per heavy atom. The van der Waals surface area contributed by atoms with Gasteiger partial charge in [0, 0.05) is 25.0 Å². The molecule has 1 aliphatic carbocycles. The molecule has 2 fully saturated rings. The van der Waals surface area contributed by atoms with Crippen LogP contribution in [0.2, 0.25) is 0 Å². The van der Waals surface area contributed by atoms with E-state index >= 15 is 0 Å². The minimum absolute atomic E-state index is 0.663. The van der Waals surface area contributed by atoms with Crippen molar-refractivity contribution in [1.82, 2.24) is 4.90 Å².